The van der Waals surface area contributed by atoms with Gasteiger partial charge in [-0.1, -0.05) is 12.1 Å². The SMILES string of the molecule is CN=C(NCCc1ncc(C)s1)NCC(OC)c1ccc(F)cc1. The summed E-state index contributed by atoms with van der Waals surface area (Å²) in [4.78, 5) is 9.76. The summed E-state index contributed by atoms with van der Waals surface area (Å²) in [5.41, 5.74) is 0.917. The Kier molecular flexibility index (Phi) is 7.14. The molecule has 1 heterocycles. The molecule has 1 aromatic heterocycles. The number of ether oxygens (including phenoxy) is 1. The Morgan fingerprint density at radius 2 is 2.08 bits per heavy atom. The van der Waals surface area contributed by atoms with Gasteiger partial charge < -0.3 is 15.4 Å². The highest BCUT2D eigenvalue weighted by atomic mass is 32.1. The molecule has 0 saturated carbocycles. The molecule has 0 saturated heterocycles. The Bertz CT molecular complexity index is 657. The summed E-state index contributed by atoms with van der Waals surface area (Å²) in [5.74, 6) is 0.448. The molecule has 24 heavy (non-hydrogen) atoms. The number of benzene rings is 1. The van der Waals surface area contributed by atoms with Gasteiger partial charge in [0.2, 0.25) is 0 Å². The van der Waals surface area contributed by atoms with Crippen LogP contribution in [0, 0.1) is 12.7 Å². The van der Waals surface area contributed by atoms with Crippen LogP contribution in [0.4, 0.5) is 4.39 Å². The minimum absolute atomic E-state index is 0.175. The number of aryl methyl sites for hydroxylation is 1. The lowest BCUT2D eigenvalue weighted by molar-refractivity contribution is 0.106. The van der Waals surface area contributed by atoms with Crippen molar-refractivity contribution in [2.24, 2.45) is 4.99 Å². The van der Waals surface area contributed by atoms with Crippen molar-refractivity contribution in [3.63, 3.8) is 0 Å². The standard InChI is InChI=1S/C17H23FN4OS/c1-12-10-21-16(24-12)8-9-20-17(19-2)22-11-15(23-3)13-4-6-14(18)7-5-13/h4-7,10,15H,8-9,11H2,1-3H3,(H2,19,20,22). The van der Waals surface area contributed by atoms with Crippen LogP contribution >= 0.6 is 11.3 Å². The number of halogens is 1. The molecule has 0 amide bonds. The zero-order valence-corrected chi connectivity index (χ0v) is 15.0. The van der Waals surface area contributed by atoms with Gasteiger partial charge in [0, 0.05) is 44.7 Å². The molecule has 0 aliphatic rings. The highest BCUT2D eigenvalue weighted by Gasteiger charge is 2.11. The van der Waals surface area contributed by atoms with Crippen molar-refractivity contribution in [2.75, 3.05) is 27.2 Å². The van der Waals surface area contributed by atoms with E-state index in [-0.39, 0.29) is 11.9 Å². The third-order valence-corrected chi connectivity index (χ3v) is 4.48. The van der Waals surface area contributed by atoms with Gasteiger partial charge in [-0.15, -0.1) is 11.3 Å². The minimum atomic E-state index is -0.253. The molecular weight excluding hydrogens is 327 g/mol. The fourth-order valence-electron chi connectivity index (χ4n) is 2.23. The van der Waals surface area contributed by atoms with E-state index in [0.717, 1.165) is 23.5 Å². The second-order valence-electron chi connectivity index (χ2n) is 5.27. The predicted molar refractivity (Wildman–Crippen MR) is 96.1 cm³/mol. The smallest absolute Gasteiger partial charge is 0.191 e. The maximum atomic E-state index is 13.0. The summed E-state index contributed by atoms with van der Waals surface area (Å²) in [6.07, 6.45) is 2.56. The Hall–Kier alpha value is -1.99. The van der Waals surface area contributed by atoms with Crippen molar-refractivity contribution in [3.05, 3.63) is 51.7 Å². The molecule has 1 unspecified atom stereocenters. The topological polar surface area (TPSA) is 58.5 Å². The quantitative estimate of drug-likeness (QED) is 0.595. The first-order valence-electron chi connectivity index (χ1n) is 7.76. The van der Waals surface area contributed by atoms with Crippen LogP contribution < -0.4 is 10.6 Å². The van der Waals surface area contributed by atoms with Gasteiger partial charge in [-0.2, -0.15) is 0 Å². The highest BCUT2D eigenvalue weighted by molar-refractivity contribution is 7.11. The normalized spacial score (nSPS) is 12.9. The van der Waals surface area contributed by atoms with Gasteiger partial charge in [-0.25, -0.2) is 9.37 Å². The molecule has 0 aliphatic heterocycles. The molecule has 2 rings (SSSR count). The lowest BCUT2D eigenvalue weighted by atomic mass is 10.1. The number of guanidine groups is 1. The Morgan fingerprint density at radius 1 is 1.33 bits per heavy atom. The van der Waals surface area contributed by atoms with Gasteiger partial charge in [0.25, 0.3) is 0 Å². The lowest BCUT2D eigenvalue weighted by Gasteiger charge is -2.18. The van der Waals surface area contributed by atoms with E-state index in [2.05, 4.69) is 27.5 Å². The molecule has 0 fully saturated rings. The third kappa shape index (κ3) is 5.58. The first kappa shape index (κ1) is 18.4. The zero-order chi connectivity index (χ0) is 17.4. The highest BCUT2D eigenvalue weighted by Crippen LogP contribution is 2.16. The molecule has 2 N–H and O–H groups in total. The number of aliphatic imine (C=N–C) groups is 1. The number of methoxy groups -OCH3 is 1. The summed E-state index contributed by atoms with van der Waals surface area (Å²) >= 11 is 1.71. The number of aromatic nitrogens is 1. The van der Waals surface area contributed by atoms with Gasteiger partial charge >= 0.3 is 0 Å². The molecule has 130 valence electrons. The average Bonchev–Trinajstić information content (AvgIpc) is 3.00. The van der Waals surface area contributed by atoms with Crippen molar-refractivity contribution in [3.8, 4) is 0 Å². The van der Waals surface area contributed by atoms with Gasteiger partial charge in [-0.3, -0.25) is 4.99 Å². The number of nitrogens with zero attached hydrogens (tertiary/aromatic N) is 2. The summed E-state index contributed by atoms with van der Waals surface area (Å²) < 4.78 is 18.5. The molecule has 2 aromatic rings. The number of hydrogen-bond acceptors (Lipinski definition) is 4. The number of thiazole rings is 1. The average molecular weight is 350 g/mol. The van der Waals surface area contributed by atoms with Gasteiger partial charge in [0.05, 0.1) is 11.1 Å². The molecule has 7 heteroatoms. The summed E-state index contributed by atoms with van der Waals surface area (Å²) in [5, 5.41) is 7.59. The monoisotopic (exact) mass is 350 g/mol. The van der Waals surface area contributed by atoms with Crippen LogP contribution in [0.15, 0.2) is 35.5 Å². The van der Waals surface area contributed by atoms with Crippen molar-refractivity contribution in [2.45, 2.75) is 19.4 Å². The second kappa shape index (κ2) is 9.34. The summed E-state index contributed by atoms with van der Waals surface area (Å²) in [7, 11) is 3.36. The number of nitrogens with one attached hydrogen (secondary N) is 2. The van der Waals surface area contributed by atoms with E-state index in [1.165, 1.54) is 17.0 Å². The van der Waals surface area contributed by atoms with Crippen LogP contribution in [0.5, 0.6) is 0 Å². The van der Waals surface area contributed by atoms with Crippen LogP contribution in [-0.2, 0) is 11.2 Å². The van der Waals surface area contributed by atoms with Crippen LogP contribution in [0.3, 0.4) is 0 Å². The maximum Gasteiger partial charge on any atom is 0.191 e. The molecule has 0 radical (unpaired) electrons. The Morgan fingerprint density at radius 3 is 2.67 bits per heavy atom. The van der Waals surface area contributed by atoms with E-state index in [9.17, 15) is 4.39 Å². The van der Waals surface area contributed by atoms with E-state index in [4.69, 9.17) is 4.74 Å². The fraction of sp³-hybridized carbons (Fsp3) is 0.412. The van der Waals surface area contributed by atoms with E-state index < -0.39 is 0 Å². The third-order valence-electron chi connectivity index (χ3n) is 3.51. The molecular formula is C17H23FN4OS. The predicted octanol–water partition coefficient (Wildman–Crippen LogP) is 2.69. The van der Waals surface area contributed by atoms with E-state index in [0.29, 0.717) is 12.5 Å². The first-order valence-corrected chi connectivity index (χ1v) is 8.58. The molecule has 1 aromatic carbocycles. The van der Waals surface area contributed by atoms with E-state index >= 15 is 0 Å². The summed E-state index contributed by atoms with van der Waals surface area (Å²) in [6.45, 7) is 3.34. The molecule has 1 atom stereocenters. The number of rotatable bonds is 7. The van der Waals surface area contributed by atoms with Gasteiger partial charge in [0.15, 0.2) is 5.96 Å². The molecule has 0 aliphatic carbocycles. The summed E-state index contributed by atoms with van der Waals surface area (Å²) in [6, 6.07) is 6.33. The van der Waals surface area contributed by atoms with Crippen molar-refractivity contribution >= 4 is 17.3 Å². The molecule has 0 bridgehead atoms. The van der Waals surface area contributed by atoms with Crippen molar-refractivity contribution in [1.29, 1.82) is 0 Å². The molecule has 5 nitrogen and oxygen atoms in total. The second-order valence-corrected chi connectivity index (χ2v) is 6.59. The van der Waals surface area contributed by atoms with Crippen LogP contribution in [-0.4, -0.2) is 38.2 Å². The van der Waals surface area contributed by atoms with Gasteiger partial charge in [0.1, 0.15) is 5.82 Å². The lowest BCUT2D eigenvalue weighted by Crippen LogP contribution is -2.40. The fourth-order valence-corrected chi connectivity index (χ4v) is 3.02. The first-order chi connectivity index (χ1) is 11.6. The van der Waals surface area contributed by atoms with E-state index in [1.54, 1.807) is 37.6 Å². The largest absolute Gasteiger partial charge is 0.375 e. The number of hydrogen-bond donors (Lipinski definition) is 2. The van der Waals surface area contributed by atoms with Crippen molar-refractivity contribution < 1.29 is 9.13 Å². The van der Waals surface area contributed by atoms with Gasteiger partial charge in [-0.05, 0) is 24.6 Å². The zero-order valence-electron chi connectivity index (χ0n) is 14.2. The van der Waals surface area contributed by atoms with Crippen LogP contribution in [0.2, 0.25) is 0 Å². The van der Waals surface area contributed by atoms with E-state index in [1.807, 2.05) is 6.20 Å². The van der Waals surface area contributed by atoms with Crippen LogP contribution in [0.1, 0.15) is 21.6 Å². The van der Waals surface area contributed by atoms with Crippen molar-refractivity contribution in [1.82, 2.24) is 15.6 Å². The Labute approximate surface area is 146 Å². The van der Waals surface area contributed by atoms with Crippen LogP contribution in [0.25, 0.3) is 0 Å². The molecule has 0 spiro atoms. The minimum Gasteiger partial charge on any atom is -0.375 e. The maximum absolute atomic E-state index is 13.0. The Balaban J connectivity index is 1.80.